The predicted molar refractivity (Wildman–Crippen MR) is 130 cm³/mol. The molecule has 1 aromatic rings. The van der Waals surface area contributed by atoms with Gasteiger partial charge < -0.3 is 4.74 Å². The van der Waals surface area contributed by atoms with E-state index in [1.54, 1.807) is 43.1 Å². The lowest BCUT2D eigenvalue weighted by atomic mass is 9.73. The van der Waals surface area contributed by atoms with Crippen LogP contribution in [-0.2, 0) is 6.42 Å². The molecule has 0 unspecified atom stereocenters. The highest BCUT2D eigenvalue weighted by Gasteiger charge is 2.31. The lowest BCUT2D eigenvalue weighted by molar-refractivity contribution is -0.274. The van der Waals surface area contributed by atoms with Crippen molar-refractivity contribution in [3.05, 3.63) is 29.8 Å². The van der Waals surface area contributed by atoms with Crippen molar-refractivity contribution in [3.63, 3.8) is 0 Å². The number of alkyl halides is 3. The molecule has 1 saturated carbocycles. The standard InChI is InChI=1S/C27H43F3OSi/c1-2-3-6-19-32-20-17-25(18-21-32)24-13-9-22(10-14-24)7-4-5-8-23-11-15-26(16-12-23)31-27(28,29)30/h11-12,15-16,22,24-25,32H,2-10,13-14,17-21H2,1H3/t22-,24-,25-,32-. The Bertz CT molecular complexity index is 629. The van der Waals surface area contributed by atoms with Crippen molar-refractivity contribution >= 4 is 8.80 Å². The van der Waals surface area contributed by atoms with E-state index in [0.29, 0.717) is 0 Å². The zero-order chi connectivity index (χ0) is 22.8. The smallest absolute Gasteiger partial charge is 0.406 e. The van der Waals surface area contributed by atoms with Gasteiger partial charge in [0.15, 0.2) is 0 Å². The van der Waals surface area contributed by atoms with Crippen LogP contribution in [0.5, 0.6) is 5.75 Å². The molecule has 1 aromatic carbocycles. The van der Waals surface area contributed by atoms with Crippen LogP contribution in [0.25, 0.3) is 0 Å². The Morgan fingerprint density at radius 2 is 1.50 bits per heavy atom. The predicted octanol–water partition coefficient (Wildman–Crippen LogP) is 8.93. The summed E-state index contributed by atoms with van der Waals surface area (Å²) in [6.07, 6.45) is 13.1. The highest BCUT2D eigenvalue weighted by Crippen LogP contribution is 2.42. The van der Waals surface area contributed by atoms with Gasteiger partial charge in [-0.3, -0.25) is 0 Å². The fourth-order valence-corrected chi connectivity index (χ4v) is 9.73. The van der Waals surface area contributed by atoms with E-state index in [2.05, 4.69) is 11.7 Å². The number of aryl methyl sites for hydroxylation is 1. The third-order valence-electron chi connectivity index (χ3n) is 8.15. The SMILES string of the molecule is CCCCC[Si@H]1CC[C@H]([C@H]2CC[C@H](CCCCc3ccc(OC(F)(F)F)cc3)CC2)CC1. The largest absolute Gasteiger partial charge is 0.573 e. The van der Waals surface area contributed by atoms with Gasteiger partial charge in [-0.25, -0.2) is 0 Å². The molecule has 32 heavy (non-hydrogen) atoms. The monoisotopic (exact) mass is 468 g/mol. The van der Waals surface area contributed by atoms with E-state index in [4.69, 9.17) is 0 Å². The lowest BCUT2D eigenvalue weighted by Crippen LogP contribution is -2.28. The number of benzene rings is 1. The summed E-state index contributed by atoms with van der Waals surface area (Å²) in [5.41, 5.74) is 1.09. The minimum absolute atomic E-state index is 0.134. The van der Waals surface area contributed by atoms with Gasteiger partial charge in [0, 0.05) is 8.80 Å². The van der Waals surface area contributed by atoms with Crippen LogP contribution in [0.4, 0.5) is 13.2 Å². The molecule has 2 aliphatic rings. The molecule has 1 aliphatic carbocycles. The van der Waals surface area contributed by atoms with Gasteiger partial charge in [0.1, 0.15) is 5.75 Å². The Morgan fingerprint density at radius 3 is 2.12 bits per heavy atom. The van der Waals surface area contributed by atoms with E-state index >= 15 is 0 Å². The molecule has 0 bridgehead atoms. The molecule has 2 fully saturated rings. The van der Waals surface area contributed by atoms with E-state index in [0.717, 1.165) is 36.2 Å². The van der Waals surface area contributed by atoms with Crippen molar-refractivity contribution in [2.24, 2.45) is 17.8 Å². The second-order valence-corrected chi connectivity index (χ2v) is 14.0. The van der Waals surface area contributed by atoms with Crippen molar-refractivity contribution < 1.29 is 17.9 Å². The fourth-order valence-electron chi connectivity index (χ4n) is 6.20. The average Bonchev–Trinajstić information content (AvgIpc) is 2.78. The molecule has 1 heterocycles. The maximum Gasteiger partial charge on any atom is 0.573 e. The van der Waals surface area contributed by atoms with Gasteiger partial charge in [0.2, 0.25) is 0 Å². The number of ether oxygens (including phenoxy) is 1. The van der Waals surface area contributed by atoms with Crippen LogP contribution < -0.4 is 4.74 Å². The third kappa shape index (κ3) is 9.11. The fraction of sp³-hybridized carbons (Fsp3) is 0.778. The maximum absolute atomic E-state index is 12.2. The van der Waals surface area contributed by atoms with Crippen LogP contribution in [0.2, 0.25) is 18.1 Å². The molecule has 1 aliphatic heterocycles. The van der Waals surface area contributed by atoms with Crippen LogP contribution in [-0.4, -0.2) is 15.2 Å². The van der Waals surface area contributed by atoms with Gasteiger partial charge in [0.05, 0.1) is 0 Å². The summed E-state index contributed by atoms with van der Waals surface area (Å²) in [6, 6.07) is 11.2. The van der Waals surface area contributed by atoms with E-state index < -0.39 is 6.36 Å². The molecular weight excluding hydrogens is 425 g/mol. The molecule has 1 saturated heterocycles. The summed E-state index contributed by atoms with van der Waals surface area (Å²) in [7, 11) is -0.378. The van der Waals surface area contributed by atoms with Crippen molar-refractivity contribution in [1.29, 1.82) is 0 Å². The molecule has 182 valence electrons. The average molecular weight is 469 g/mol. The first-order valence-corrected chi connectivity index (χ1v) is 15.7. The summed E-state index contributed by atoms with van der Waals surface area (Å²) in [6.45, 7) is 2.31. The molecular formula is C27H43F3OSi. The van der Waals surface area contributed by atoms with E-state index in [1.165, 1.54) is 69.9 Å². The topological polar surface area (TPSA) is 9.23 Å². The number of hydrogen-bond donors (Lipinski definition) is 0. The Labute approximate surface area is 195 Å². The maximum atomic E-state index is 12.2. The molecule has 5 heteroatoms. The van der Waals surface area contributed by atoms with Crippen molar-refractivity contribution in [1.82, 2.24) is 0 Å². The number of unbranched alkanes of at least 4 members (excludes halogenated alkanes) is 3. The van der Waals surface area contributed by atoms with Crippen LogP contribution in [0, 0.1) is 17.8 Å². The van der Waals surface area contributed by atoms with Crippen molar-refractivity contribution in [2.75, 3.05) is 0 Å². The van der Waals surface area contributed by atoms with Crippen molar-refractivity contribution in [3.8, 4) is 5.75 Å². The zero-order valence-corrected chi connectivity index (χ0v) is 21.1. The normalized spacial score (nSPS) is 26.8. The van der Waals surface area contributed by atoms with E-state index in [9.17, 15) is 13.2 Å². The number of hydrogen-bond acceptors (Lipinski definition) is 1. The molecule has 0 N–H and O–H groups in total. The van der Waals surface area contributed by atoms with Gasteiger partial charge in [0.25, 0.3) is 0 Å². The van der Waals surface area contributed by atoms with Crippen LogP contribution in [0.3, 0.4) is 0 Å². The summed E-state index contributed by atoms with van der Waals surface area (Å²) in [5.74, 6) is 2.81. The Kier molecular flexibility index (Phi) is 10.5. The van der Waals surface area contributed by atoms with Gasteiger partial charge in [-0.05, 0) is 61.1 Å². The minimum Gasteiger partial charge on any atom is -0.406 e. The number of rotatable bonds is 11. The highest BCUT2D eigenvalue weighted by molar-refractivity contribution is 6.58. The summed E-state index contributed by atoms with van der Waals surface area (Å²) in [5, 5.41) is 0. The Morgan fingerprint density at radius 1 is 0.844 bits per heavy atom. The van der Waals surface area contributed by atoms with Gasteiger partial charge in [-0.15, -0.1) is 13.2 Å². The molecule has 0 atom stereocenters. The van der Waals surface area contributed by atoms with Gasteiger partial charge >= 0.3 is 6.36 Å². The highest BCUT2D eigenvalue weighted by atomic mass is 28.3. The molecule has 1 nitrogen and oxygen atoms in total. The molecule has 0 radical (unpaired) electrons. The quantitative estimate of drug-likeness (QED) is 0.233. The summed E-state index contributed by atoms with van der Waals surface area (Å²) >= 11 is 0. The summed E-state index contributed by atoms with van der Waals surface area (Å²) in [4.78, 5) is 0. The molecule has 3 rings (SSSR count). The molecule has 0 amide bonds. The first-order valence-electron chi connectivity index (χ1n) is 13.3. The Hall–Kier alpha value is -0.973. The summed E-state index contributed by atoms with van der Waals surface area (Å²) < 4.78 is 40.7. The Balaban J connectivity index is 1.25. The zero-order valence-electron chi connectivity index (χ0n) is 20.0. The van der Waals surface area contributed by atoms with Gasteiger partial charge in [-0.2, -0.15) is 0 Å². The van der Waals surface area contributed by atoms with Gasteiger partial charge in [-0.1, -0.05) is 95.0 Å². The van der Waals surface area contributed by atoms with Crippen LogP contribution >= 0.6 is 0 Å². The van der Waals surface area contributed by atoms with Crippen molar-refractivity contribution in [2.45, 2.75) is 115 Å². The minimum atomic E-state index is -4.62. The second kappa shape index (κ2) is 13.1. The second-order valence-electron chi connectivity index (χ2n) is 10.5. The third-order valence-corrected chi connectivity index (χ3v) is 11.7. The van der Waals surface area contributed by atoms with E-state index in [1.807, 2.05) is 0 Å². The number of halogens is 3. The lowest BCUT2D eigenvalue weighted by Gasteiger charge is -2.37. The van der Waals surface area contributed by atoms with Crippen LogP contribution in [0.15, 0.2) is 24.3 Å². The molecule has 0 aromatic heterocycles. The first-order chi connectivity index (χ1) is 15.4. The molecule has 0 spiro atoms. The van der Waals surface area contributed by atoms with E-state index in [-0.39, 0.29) is 14.5 Å². The first kappa shape index (κ1) is 25.6. The van der Waals surface area contributed by atoms with Crippen LogP contribution in [0.1, 0.15) is 89.5 Å².